The summed E-state index contributed by atoms with van der Waals surface area (Å²) in [6, 6.07) is 6.27. The van der Waals surface area contributed by atoms with Gasteiger partial charge in [0.1, 0.15) is 6.17 Å². The lowest BCUT2D eigenvalue weighted by Crippen LogP contribution is -2.38. The first-order valence-corrected chi connectivity index (χ1v) is 9.08. The van der Waals surface area contributed by atoms with Gasteiger partial charge in [-0.2, -0.15) is 0 Å². The fraction of sp³-hybridized carbons (Fsp3) is 0.619. The summed E-state index contributed by atoms with van der Waals surface area (Å²) in [6.45, 7) is 1.67. The smallest absolute Gasteiger partial charge is 0.100 e. The van der Waals surface area contributed by atoms with E-state index in [1.807, 2.05) is 6.07 Å². The second-order valence-corrected chi connectivity index (χ2v) is 7.55. The second-order valence-electron chi connectivity index (χ2n) is 7.55. The predicted molar refractivity (Wildman–Crippen MR) is 95.5 cm³/mol. The lowest BCUT2D eigenvalue weighted by Gasteiger charge is -2.41. The van der Waals surface area contributed by atoms with Crippen molar-refractivity contribution in [2.24, 2.45) is 5.92 Å². The molecule has 3 rings (SSSR count). The topological polar surface area (TPSA) is 12.5 Å². The maximum absolute atomic E-state index is 13.7. The lowest BCUT2D eigenvalue weighted by atomic mass is 9.70. The van der Waals surface area contributed by atoms with Crippen molar-refractivity contribution in [2.75, 3.05) is 20.6 Å². The van der Waals surface area contributed by atoms with Crippen LogP contribution in [-0.4, -0.2) is 31.7 Å². The zero-order valence-electron chi connectivity index (χ0n) is 14.9. The van der Waals surface area contributed by atoms with Crippen LogP contribution >= 0.6 is 0 Å². The molecule has 0 N–H and O–H groups in total. The minimum absolute atomic E-state index is 0.251. The van der Waals surface area contributed by atoms with Gasteiger partial charge in [-0.15, -0.1) is 6.42 Å². The van der Waals surface area contributed by atoms with E-state index in [9.17, 15) is 4.39 Å². The van der Waals surface area contributed by atoms with Crippen LogP contribution in [-0.2, 0) is 16.9 Å². The molecule has 1 fully saturated rings. The number of fused-ring (bicyclic) bond motifs is 1. The highest BCUT2D eigenvalue weighted by Crippen LogP contribution is 2.50. The van der Waals surface area contributed by atoms with E-state index in [0.29, 0.717) is 25.4 Å². The molecule has 130 valence electrons. The van der Waals surface area contributed by atoms with Crippen molar-refractivity contribution in [3.63, 3.8) is 0 Å². The number of ether oxygens (including phenoxy) is 1. The molecule has 0 saturated heterocycles. The van der Waals surface area contributed by atoms with Gasteiger partial charge in [0.15, 0.2) is 0 Å². The average Bonchev–Trinajstić information content (AvgIpc) is 2.94. The third kappa shape index (κ3) is 3.36. The summed E-state index contributed by atoms with van der Waals surface area (Å²) in [7, 11) is 4.20. The van der Waals surface area contributed by atoms with Gasteiger partial charge in [0, 0.05) is 5.56 Å². The van der Waals surface area contributed by atoms with Crippen molar-refractivity contribution in [1.29, 1.82) is 0 Å². The number of nitrogens with zero attached hydrogens (tertiary/aromatic N) is 1. The highest BCUT2D eigenvalue weighted by molar-refractivity contribution is 5.44. The maximum Gasteiger partial charge on any atom is 0.100 e. The highest BCUT2D eigenvalue weighted by atomic mass is 19.1. The molecule has 0 amide bonds. The molecule has 1 aliphatic heterocycles. The van der Waals surface area contributed by atoms with Gasteiger partial charge in [-0.25, -0.2) is 4.39 Å². The van der Waals surface area contributed by atoms with Crippen LogP contribution in [0, 0.1) is 18.3 Å². The molecule has 0 spiro atoms. The Bertz CT molecular complexity index is 613. The molecular formula is C21H28FNO. The fourth-order valence-corrected chi connectivity index (χ4v) is 4.43. The lowest BCUT2D eigenvalue weighted by molar-refractivity contribution is -0.103. The summed E-state index contributed by atoms with van der Waals surface area (Å²) in [6.07, 6.45) is 10.2. The number of alkyl halides is 1. The number of hydrogen-bond donors (Lipinski definition) is 0. The quantitative estimate of drug-likeness (QED) is 0.748. The number of hydrogen-bond acceptors (Lipinski definition) is 2. The van der Waals surface area contributed by atoms with Gasteiger partial charge >= 0.3 is 0 Å². The molecule has 1 aliphatic carbocycles. The molecule has 1 heterocycles. The zero-order valence-corrected chi connectivity index (χ0v) is 14.9. The maximum atomic E-state index is 13.7. The van der Waals surface area contributed by atoms with Crippen molar-refractivity contribution >= 4 is 0 Å². The van der Waals surface area contributed by atoms with Crippen LogP contribution in [0.1, 0.15) is 55.2 Å². The molecule has 3 heteroatoms. The van der Waals surface area contributed by atoms with E-state index < -0.39 is 6.17 Å². The van der Waals surface area contributed by atoms with Crippen molar-refractivity contribution in [1.82, 2.24) is 4.90 Å². The number of halogens is 1. The van der Waals surface area contributed by atoms with E-state index in [1.165, 1.54) is 11.1 Å². The third-order valence-corrected chi connectivity index (χ3v) is 5.68. The van der Waals surface area contributed by atoms with E-state index >= 15 is 0 Å². The molecule has 24 heavy (non-hydrogen) atoms. The Labute approximate surface area is 145 Å². The molecule has 2 aliphatic rings. The molecule has 0 unspecified atom stereocenters. The minimum Gasteiger partial charge on any atom is -0.365 e. The van der Waals surface area contributed by atoms with Gasteiger partial charge in [-0.1, -0.05) is 12.0 Å². The van der Waals surface area contributed by atoms with Crippen LogP contribution in [0.15, 0.2) is 18.2 Å². The monoisotopic (exact) mass is 329 g/mol. The summed E-state index contributed by atoms with van der Waals surface area (Å²) in [5.41, 5.74) is 3.17. The first kappa shape index (κ1) is 17.5. The Morgan fingerprint density at radius 1 is 1.29 bits per heavy atom. The van der Waals surface area contributed by atoms with Gasteiger partial charge in [0.25, 0.3) is 0 Å². The molecule has 1 atom stereocenters. The summed E-state index contributed by atoms with van der Waals surface area (Å²) in [5.74, 6) is 3.12. The van der Waals surface area contributed by atoms with E-state index in [4.69, 9.17) is 11.2 Å². The molecule has 0 radical (unpaired) electrons. The van der Waals surface area contributed by atoms with E-state index in [-0.39, 0.29) is 5.60 Å². The fourth-order valence-electron chi connectivity index (χ4n) is 4.43. The largest absolute Gasteiger partial charge is 0.365 e. The molecule has 1 saturated carbocycles. The number of terminal acetylenes is 1. The van der Waals surface area contributed by atoms with E-state index in [0.717, 1.165) is 37.8 Å². The summed E-state index contributed by atoms with van der Waals surface area (Å²) < 4.78 is 20.1. The normalized spacial score (nSPS) is 29.5. The Hall–Kier alpha value is -1.37. The van der Waals surface area contributed by atoms with E-state index in [2.05, 4.69) is 37.0 Å². The average molecular weight is 329 g/mol. The van der Waals surface area contributed by atoms with Gasteiger partial charge in [0.2, 0.25) is 0 Å². The molecule has 0 aromatic heterocycles. The van der Waals surface area contributed by atoms with Gasteiger partial charge in [0.05, 0.1) is 12.2 Å². The second kappa shape index (κ2) is 7.25. The van der Waals surface area contributed by atoms with Crippen LogP contribution in [0.2, 0.25) is 0 Å². The van der Waals surface area contributed by atoms with Crippen molar-refractivity contribution in [3.8, 4) is 12.3 Å². The number of rotatable bonds is 5. The number of benzene rings is 1. The summed E-state index contributed by atoms with van der Waals surface area (Å²) >= 11 is 0. The molecule has 1 aromatic carbocycles. The summed E-state index contributed by atoms with van der Waals surface area (Å²) in [4.78, 5) is 2.21. The Morgan fingerprint density at radius 3 is 2.71 bits per heavy atom. The zero-order chi connectivity index (χ0) is 17.2. The van der Waals surface area contributed by atoms with Crippen LogP contribution in [0.4, 0.5) is 4.39 Å². The van der Waals surface area contributed by atoms with Gasteiger partial charge in [-0.3, -0.25) is 0 Å². The first-order valence-electron chi connectivity index (χ1n) is 9.08. The molecule has 1 aromatic rings. The highest BCUT2D eigenvalue weighted by Gasteiger charge is 2.47. The Balaban J connectivity index is 1.88. The van der Waals surface area contributed by atoms with Crippen molar-refractivity contribution < 1.29 is 9.13 Å². The van der Waals surface area contributed by atoms with Crippen LogP contribution in [0.3, 0.4) is 0 Å². The predicted octanol–water partition coefficient (Wildman–Crippen LogP) is 4.26. The standard InChI is InChI=1S/C21H28FNO/c1-4-16-6-11-20-17(14-16)15-24-21(20,12-5-13-23(2)3)18-7-9-19(22)10-8-18/h1,6,11,14,18-19H,5,7-10,12-13,15H2,2-3H3/t18?,19?,21-/m0/s1. The van der Waals surface area contributed by atoms with Crippen molar-refractivity contribution in [3.05, 3.63) is 34.9 Å². The van der Waals surface area contributed by atoms with Gasteiger partial charge < -0.3 is 9.64 Å². The van der Waals surface area contributed by atoms with Crippen LogP contribution in [0.5, 0.6) is 0 Å². The SMILES string of the molecule is C#Cc1ccc2c(c1)CO[C@@]2(CCCN(C)C)C1CCC(F)CC1. The van der Waals surface area contributed by atoms with Crippen LogP contribution in [0.25, 0.3) is 0 Å². The first-order chi connectivity index (χ1) is 11.5. The van der Waals surface area contributed by atoms with E-state index in [1.54, 1.807) is 0 Å². The molecular weight excluding hydrogens is 301 g/mol. The van der Waals surface area contributed by atoms with Crippen molar-refractivity contribution in [2.45, 2.75) is 56.9 Å². The Kier molecular flexibility index (Phi) is 5.27. The van der Waals surface area contributed by atoms with Gasteiger partial charge in [-0.05, 0) is 88.3 Å². The molecule has 2 nitrogen and oxygen atoms in total. The minimum atomic E-state index is -0.634. The Morgan fingerprint density at radius 2 is 2.04 bits per heavy atom. The van der Waals surface area contributed by atoms with Crippen LogP contribution < -0.4 is 0 Å². The molecule has 0 bridgehead atoms. The third-order valence-electron chi connectivity index (χ3n) is 5.68. The summed E-state index contributed by atoms with van der Waals surface area (Å²) in [5, 5.41) is 0.